The molecule has 0 spiro atoms. The van der Waals surface area contributed by atoms with Gasteiger partial charge in [0.15, 0.2) is 0 Å². The minimum atomic E-state index is -3.91. The minimum absolute atomic E-state index is 0.0307. The number of amides is 1. The summed E-state index contributed by atoms with van der Waals surface area (Å²) in [6.07, 6.45) is 1.40. The SMILES string of the molecule is COCC#Cc1ccc2c(c1)O[C@H](CN(C)C(=O)C1CC1)[C@H](C)CN([C@@H](C)CO)S2(=O)=O. The predicted octanol–water partition coefficient (Wildman–Crippen LogP) is 1.32. The Morgan fingerprint density at radius 2 is 2.12 bits per heavy atom. The monoisotopic (exact) mass is 464 g/mol. The second-order valence-electron chi connectivity index (χ2n) is 8.63. The number of likely N-dealkylation sites (N-methyl/N-ethyl adjacent to an activating group) is 1. The van der Waals surface area contributed by atoms with Gasteiger partial charge in [-0.3, -0.25) is 4.79 Å². The highest BCUT2D eigenvalue weighted by Crippen LogP contribution is 2.35. The molecule has 0 unspecified atom stereocenters. The molecule has 1 saturated carbocycles. The first-order valence-corrected chi connectivity index (χ1v) is 12.3. The number of carbonyl (C=O) groups is 1. The van der Waals surface area contributed by atoms with Crippen LogP contribution in [-0.2, 0) is 19.6 Å². The van der Waals surface area contributed by atoms with Crippen molar-refractivity contribution in [2.24, 2.45) is 11.8 Å². The van der Waals surface area contributed by atoms with Gasteiger partial charge in [-0.15, -0.1) is 0 Å². The maximum absolute atomic E-state index is 13.4. The molecule has 0 radical (unpaired) electrons. The Hall–Kier alpha value is -2.12. The highest BCUT2D eigenvalue weighted by molar-refractivity contribution is 7.89. The van der Waals surface area contributed by atoms with Gasteiger partial charge >= 0.3 is 0 Å². The first-order chi connectivity index (χ1) is 15.2. The zero-order valence-corrected chi connectivity index (χ0v) is 19.9. The van der Waals surface area contributed by atoms with Crippen molar-refractivity contribution in [3.05, 3.63) is 23.8 Å². The van der Waals surface area contributed by atoms with Crippen LogP contribution >= 0.6 is 0 Å². The van der Waals surface area contributed by atoms with Gasteiger partial charge in [0, 0.05) is 44.1 Å². The number of rotatable bonds is 6. The zero-order chi connectivity index (χ0) is 23.5. The number of methoxy groups -OCH3 is 1. The van der Waals surface area contributed by atoms with E-state index in [4.69, 9.17) is 9.47 Å². The number of benzene rings is 1. The Labute approximate surface area is 190 Å². The molecule has 8 nitrogen and oxygen atoms in total. The van der Waals surface area contributed by atoms with Crippen LogP contribution in [0.5, 0.6) is 5.75 Å². The molecule has 176 valence electrons. The van der Waals surface area contributed by atoms with E-state index in [-0.39, 0.29) is 48.1 Å². The van der Waals surface area contributed by atoms with Gasteiger partial charge in [-0.2, -0.15) is 4.31 Å². The summed E-state index contributed by atoms with van der Waals surface area (Å²) in [5.41, 5.74) is 0.604. The van der Waals surface area contributed by atoms with Crippen molar-refractivity contribution in [1.29, 1.82) is 0 Å². The molecule has 1 aliphatic carbocycles. The Morgan fingerprint density at radius 3 is 2.75 bits per heavy atom. The van der Waals surface area contributed by atoms with E-state index in [1.807, 2.05) is 6.92 Å². The smallest absolute Gasteiger partial charge is 0.247 e. The lowest BCUT2D eigenvalue weighted by Crippen LogP contribution is -2.50. The van der Waals surface area contributed by atoms with Crippen LogP contribution in [0.2, 0.25) is 0 Å². The number of sulfonamides is 1. The molecule has 1 aliphatic heterocycles. The Balaban J connectivity index is 2.01. The molecule has 1 heterocycles. The molecule has 9 heteroatoms. The van der Waals surface area contributed by atoms with Crippen molar-refractivity contribution in [1.82, 2.24) is 9.21 Å². The molecule has 3 rings (SSSR count). The van der Waals surface area contributed by atoms with E-state index in [1.54, 1.807) is 38.1 Å². The quantitative estimate of drug-likeness (QED) is 0.638. The number of aliphatic hydroxyl groups is 1. The summed E-state index contributed by atoms with van der Waals surface area (Å²) in [6.45, 7) is 4.06. The number of hydrogen-bond donors (Lipinski definition) is 1. The molecule has 0 aromatic heterocycles. The molecule has 0 bridgehead atoms. The van der Waals surface area contributed by atoms with Crippen molar-refractivity contribution in [2.45, 2.75) is 43.7 Å². The number of aliphatic hydroxyl groups excluding tert-OH is 1. The van der Waals surface area contributed by atoms with Crippen molar-refractivity contribution < 1.29 is 27.8 Å². The fourth-order valence-corrected chi connectivity index (χ4v) is 5.56. The van der Waals surface area contributed by atoms with Crippen molar-refractivity contribution in [3.8, 4) is 17.6 Å². The van der Waals surface area contributed by atoms with E-state index in [0.717, 1.165) is 12.8 Å². The summed E-state index contributed by atoms with van der Waals surface area (Å²) in [4.78, 5) is 14.2. The second kappa shape index (κ2) is 10.2. The lowest BCUT2D eigenvalue weighted by Gasteiger charge is -2.37. The van der Waals surface area contributed by atoms with Gasteiger partial charge in [-0.25, -0.2) is 8.42 Å². The van der Waals surface area contributed by atoms with E-state index in [9.17, 15) is 18.3 Å². The number of fused-ring (bicyclic) bond motifs is 1. The molecule has 1 fully saturated rings. The van der Waals surface area contributed by atoms with Gasteiger partial charge in [0.2, 0.25) is 15.9 Å². The van der Waals surface area contributed by atoms with Gasteiger partial charge in [-0.1, -0.05) is 18.8 Å². The topological polar surface area (TPSA) is 96.4 Å². The van der Waals surface area contributed by atoms with Crippen LogP contribution in [-0.4, -0.2) is 81.2 Å². The van der Waals surface area contributed by atoms with E-state index < -0.39 is 22.2 Å². The summed E-state index contributed by atoms with van der Waals surface area (Å²) in [5, 5.41) is 9.71. The minimum Gasteiger partial charge on any atom is -0.487 e. The van der Waals surface area contributed by atoms with E-state index in [0.29, 0.717) is 12.1 Å². The number of carbonyl (C=O) groups excluding carboxylic acids is 1. The maximum atomic E-state index is 13.4. The molecular weight excluding hydrogens is 432 g/mol. The van der Waals surface area contributed by atoms with Gasteiger partial charge < -0.3 is 19.5 Å². The Kier molecular flexibility index (Phi) is 7.83. The fourth-order valence-electron chi connectivity index (χ4n) is 3.73. The molecule has 1 aromatic carbocycles. The van der Waals surface area contributed by atoms with Crippen LogP contribution < -0.4 is 4.74 Å². The van der Waals surface area contributed by atoms with E-state index >= 15 is 0 Å². The first-order valence-electron chi connectivity index (χ1n) is 10.8. The highest BCUT2D eigenvalue weighted by atomic mass is 32.2. The molecule has 32 heavy (non-hydrogen) atoms. The summed E-state index contributed by atoms with van der Waals surface area (Å²) in [6, 6.07) is 4.14. The van der Waals surface area contributed by atoms with Gasteiger partial charge in [0.1, 0.15) is 23.4 Å². The van der Waals surface area contributed by atoms with Gasteiger partial charge in [0.05, 0.1) is 13.2 Å². The molecule has 1 amide bonds. The average molecular weight is 465 g/mol. The van der Waals surface area contributed by atoms with Crippen LogP contribution in [0, 0.1) is 23.7 Å². The normalized spacial score (nSPS) is 23.5. The molecule has 2 aliphatic rings. The molecule has 0 saturated heterocycles. The molecular formula is C23H32N2O6S. The third-order valence-electron chi connectivity index (χ3n) is 5.87. The number of ether oxygens (including phenoxy) is 2. The molecule has 3 atom stereocenters. The first kappa shape index (κ1) is 24.5. The van der Waals surface area contributed by atoms with E-state index in [1.165, 1.54) is 10.4 Å². The fraction of sp³-hybridized carbons (Fsp3) is 0.609. The van der Waals surface area contributed by atoms with Crippen LogP contribution in [0.3, 0.4) is 0 Å². The van der Waals surface area contributed by atoms with Crippen molar-refractivity contribution in [2.75, 3.05) is 40.5 Å². The molecule has 1 N–H and O–H groups in total. The summed E-state index contributed by atoms with van der Waals surface area (Å²) >= 11 is 0. The lowest BCUT2D eigenvalue weighted by molar-refractivity contribution is -0.132. The predicted molar refractivity (Wildman–Crippen MR) is 120 cm³/mol. The number of nitrogens with zero attached hydrogens (tertiary/aromatic N) is 2. The summed E-state index contributed by atoms with van der Waals surface area (Å²) in [5.74, 6) is 5.97. The van der Waals surface area contributed by atoms with Gasteiger partial charge in [0.25, 0.3) is 0 Å². The van der Waals surface area contributed by atoms with E-state index in [2.05, 4.69) is 11.8 Å². The average Bonchev–Trinajstić information content (AvgIpc) is 3.60. The maximum Gasteiger partial charge on any atom is 0.247 e. The summed E-state index contributed by atoms with van der Waals surface area (Å²) < 4.78 is 39.4. The summed E-state index contributed by atoms with van der Waals surface area (Å²) in [7, 11) is -0.599. The Morgan fingerprint density at radius 1 is 1.41 bits per heavy atom. The van der Waals surface area contributed by atoms with Crippen LogP contribution in [0.25, 0.3) is 0 Å². The largest absolute Gasteiger partial charge is 0.487 e. The zero-order valence-electron chi connectivity index (χ0n) is 19.1. The van der Waals surface area contributed by atoms with Crippen molar-refractivity contribution in [3.63, 3.8) is 0 Å². The molecule has 1 aromatic rings. The third-order valence-corrected chi connectivity index (χ3v) is 7.89. The van der Waals surface area contributed by atoms with Crippen LogP contribution in [0.15, 0.2) is 23.1 Å². The highest BCUT2D eigenvalue weighted by Gasteiger charge is 2.39. The standard InChI is InChI=1S/C23H32N2O6S/c1-16-13-25(17(2)15-26)32(28,29)22-10-7-18(6-5-11-30-4)12-20(22)31-21(16)14-24(3)23(27)19-8-9-19/h7,10,12,16-17,19,21,26H,8-9,11,13-15H2,1-4H3/t16-,17+,21-/m1/s1. The van der Waals surface area contributed by atoms with Gasteiger partial charge in [-0.05, 0) is 38.0 Å². The van der Waals surface area contributed by atoms with Crippen molar-refractivity contribution >= 4 is 15.9 Å². The number of hydrogen-bond acceptors (Lipinski definition) is 6. The second-order valence-corrected chi connectivity index (χ2v) is 10.5. The Bertz CT molecular complexity index is 995. The third kappa shape index (κ3) is 5.44. The van der Waals surface area contributed by atoms with Crippen LogP contribution in [0.4, 0.5) is 0 Å². The lowest BCUT2D eigenvalue weighted by atomic mass is 10.0. The van der Waals surface area contributed by atoms with Crippen LogP contribution in [0.1, 0.15) is 32.3 Å².